The van der Waals surface area contributed by atoms with Crippen LogP contribution in [0.1, 0.15) is 56.5 Å². The Morgan fingerprint density at radius 1 is 1.10 bits per heavy atom. The molecule has 0 saturated heterocycles. The van der Waals surface area contributed by atoms with Crippen LogP contribution in [0.2, 0.25) is 0 Å². The minimum Gasteiger partial charge on any atom is -0.314 e. The number of aromatic nitrogens is 3. The Hall–Kier alpha value is -1.68. The van der Waals surface area contributed by atoms with Crippen molar-refractivity contribution >= 4 is 0 Å². The van der Waals surface area contributed by atoms with Gasteiger partial charge in [-0.3, -0.25) is 0 Å². The lowest BCUT2D eigenvalue weighted by molar-refractivity contribution is 0.361. The summed E-state index contributed by atoms with van der Waals surface area (Å²) in [6.07, 6.45) is 2.25. The van der Waals surface area contributed by atoms with Gasteiger partial charge >= 0.3 is 0 Å². The fraction of sp³-hybridized carbons (Fsp3) is 0.529. The van der Waals surface area contributed by atoms with Gasteiger partial charge in [0.15, 0.2) is 0 Å². The van der Waals surface area contributed by atoms with Gasteiger partial charge in [0.2, 0.25) is 0 Å². The van der Waals surface area contributed by atoms with E-state index in [1.54, 1.807) is 0 Å². The third-order valence-corrected chi connectivity index (χ3v) is 4.28. The Kier molecular flexibility index (Phi) is 4.06. The minimum absolute atomic E-state index is 0.206. The molecule has 0 amide bonds. The minimum atomic E-state index is 0.206. The van der Waals surface area contributed by atoms with Gasteiger partial charge in [-0.25, -0.2) is 0 Å². The van der Waals surface area contributed by atoms with Gasteiger partial charge in [0.1, 0.15) is 11.6 Å². The highest BCUT2D eigenvalue weighted by molar-refractivity contribution is 5.20. The van der Waals surface area contributed by atoms with Gasteiger partial charge in [0.25, 0.3) is 0 Å². The molecule has 0 radical (unpaired) electrons. The van der Waals surface area contributed by atoms with Crippen molar-refractivity contribution in [2.45, 2.75) is 52.2 Å². The van der Waals surface area contributed by atoms with E-state index in [1.165, 1.54) is 12.0 Å². The molecule has 2 aromatic rings. The highest BCUT2D eigenvalue weighted by atomic mass is 15.3. The molecule has 2 unspecified atom stereocenters. The van der Waals surface area contributed by atoms with Crippen LogP contribution in [0.5, 0.6) is 0 Å². The quantitative estimate of drug-likeness (QED) is 0.916. The zero-order valence-corrected chi connectivity index (χ0v) is 13.1. The van der Waals surface area contributed by atoms with E-state index in [2.05, 4.69) is 71.2 Å². The molecule has 1 aromatic carbocycles. The van der Waals surface area contributed by atoms with Crippen LogP contribution < -0.4 is 5.32 Å². The number of hydrogen-bond donors (Lipinski definition) is 1. The van der Waals surface area contributed by atoms with Gasteiger partial charge in [-0.15, -0.1) is 10.2 Å². The summed E-state index contributed by atoms with van der Waals surface area (Å²) in [5, 5.41) is 12.5. The van der Waals surface area contributed by atoms with Gasteiger partial charge < -0.3 is 9.88 Å². The van der Waals surface area contributed by atoms with Crippen LogP contribution in [0.15, 0.2) is 30.3 Å². The van der Waals surface area contributed by atoms with Crippen LogP contribution in [0.3, 0.4) is 0 Å². The molecule has 1 aliphatic rings. The van der Waals surface area contributed by atoms with Crippen LogP contribution in [0.4, 0.5) is 0 Å². The van der Waals surface area contributed by atoms with Gasteiger partial charge in [-0.1, -0.05) is 44.2 Å². The van der Waals surface area contributed by atoms with Crippen molar-refractivity contribution in [3.63, 3.8) is 0 Å². The molecule has 21 heavy (non-hydrogen) atoms. The van der Waals surface area contributed by atoms with Crippen molar-refractivity contribution in [2.75, 3.05) is 0 Å². The SMILES string of the molecule is CC(NC(c1ccccc1)C(C)C)c1nnc2n1CCC2. The molecule has 0 fully saturated rings. The number of aryl methyl sites for hydroxylation is 1. The fourth-order valence-corrected chi connectivity index (χ4v) is 3.17. The molecule has 1 aliphatic heterocycles. The second kappa shape index (κ2) is 5.98. The van der Waals surface area contributed by atoms with Gasteiger partial charge in [0, 0.05) is 19.0 Å². The molecule has 0 aliphatic carbocycles. The number of benzene rings is 1. The molecular weight excluding hydrogens is 260 g/mol. The monoisotopic (exact) mass is 284 g/mol. The van der Waals surface area contributed by atoms with E-state index < -0.39 is 0 Å². The summed E-state index contributed by atoms with van der Waals surface area (Å²) in [6, 6.07) is 11.2. The van der Waals surface area contributed by atoms with E-state index in [0.717, 1.165) is 24.6 Å². The highest BCUT2D eigenvalue weighted by Crippen LogP contribution is 2.26. The Balaban J connectivity index is 1.79. The molecule has 2 atom stereocenters. The second-order valence-electron chi connectivity index (χ2n) is 6.25. The van der Waals surface area contributed by atoms with Crippen LogP contribution in [0.25, 0.3) is 0 Å². The van der Waals surface area contributed by atoms with Crippen LogP contribution >= 0.6 is 0 Å². The summed E-state index contributed by atoms with van der Waals surface area (Å²) in [4.78, 5) is 0. The zero-order chi connectivity index (χ0) is 14.8. The maximum Gasteiger partial charge on any atom is 0.149 e. The van der Waals surface area contributed by atoms with Crippen LogP contribution in [-0.4, -0.2) is 14.8 Å². The zero-order valence-electron chi connectivity index (χ0n) is 13.1. The summed E-state index contributed by atoms with van der Waals surface area (Å²) < 4.78 is 2.28. The molecule has 3 rings (SSSR count). The van der Waals surface area contributed by atoms with Gasteiger partial charge in [-0.05, 0) is 24.8 Å². The van der Waals surface area contributed by atoms with E-state index in [1.807, 2.05) is 0 Å². The summed E-state index contributed by atoms with van der Waals surface area (Å²) in [5.74, 6) is 2.74. The van der Waals surface area contributed by atoms with Crippen molar-refractivity contribution in [2.24, 2.45) is 5.92 Å². The smallest absolute Gasteiger partial charge is 0.149 e. The average Bonchev–Trinajstić information content (AvgIpc) is 3.07. The van der Waals surface area contributed by atoms with Crippen LogP contribution in [-0.2, 0) is 13.0 Å². The number of nitrogens with zero attached hydrogens (tertiary/aromatic N) is 3. The highest BCUT2D eigenvalue weighted by Gasteiger charge is 2.24. The molecule has 1 aromatic heterocycles. The predicted molar refractivity (Wildman–Crippen MR) is 83.9 cm³/mol. The maximum atomic E-state index is 4.39. The van der Waals surface area contributed by atoms with Crippen molar-refractivity contribution in [1.29, 1.82) is 0 Å². The number of nitrogens with one attached hydrogen (secondary N) is 1. The first-order valence-electron chi connectivity index (χ1n) is 7.89. The third-order valence-electron chi connectivity index (χ3n) is 4.28. The van der Waals surface area contributed by atoms with Gasteiger partial charge in [-0.2, -0.15) is 0 Å². The van der Waals surface area contributed by atoms with E-state index in [4.69, 9.17) is 0 Å². The van der Waals surface area contributed by atoms with E-state index >= 15 is 0 Å². The first-order valence-corrected chi connectivity index (χ1v) is 7.89. The lowest BCUT2D eigenvalue weighted by Crippen LogP contribution is -2.30. The lowest BCUT2D eigenvalue weighted by Gasteiger charge is -2.26. The molecule has 112 valence electrons. The topological polar surface area (TPSA) is 42.7 Å². The summed E-state index contributed by atoms with van der Waals surface area (Å²) >= 11 is 0. The van der Waals surface area contributed by atoms with Crippen molar-refractivity contribution < 1.29 is 0 Å². The number of fused-ring (bicyclic) bond motifs is 1. The normalized spacial score (nSPS) is 17.0. The van der Waals surface area contributed by atoms with Crippen LogP contribution in [0, 0.1) is 5.92 Å². The molecule has 2 heterocycles. The second-order valence-corrected chi connectivity index (χ2v) is 6.25. The predicted octanol–water partition coefficient (Wildman–Crippen LogP) is 3.27. The van der Waals surface area contributed by atoms with E-state index in [-0.39, 0.29) is 6.04 Å². The Bertz CT molecular complexity index is 588. The van der Waals surface area contributed by atoms with E-state index in [9.17, 15) is 0 Å². The lowest BCUT2D eigenvalue weighted by atomic mass is 9.95. The fourth-order valence-electron chi connectivity index (χ4n) is 3.17. The third kappa shape index (κ3) is 2.86. The Morgan fingerprint density at radius 2 is 1.86 bits per heavy atom. The molecular formula is C17H24N4. The van der Waals surface area contributed by atoms with E-state index in [0.29, 0.717) is 12.0 Å². The largest absolute Gasteiger partial charge is 0.314 e. The summed E-state index contributed by atoms with van der Waals surface area (Å²) in [5.41, 5.74) is 1.33. The number of hydrogen-bond acceptors (Lipinski definition) is 3. The summed E-state index contributed by atoms with van der Waals surface area (Å²) in [7, 11) is 0. The maximum absolute atomic E-state index is 4.39. The molecule has 1 N–H and O–H groups in total. The van der Waals surface area contributed by atoms with Crippen molar-refractivity contribution in [3.05, 3.63) is 47.5 Å². The standard InChI is InChI=1S/C17H24N4/c1-12(2)16(14-8-5-4-6-9-14)18-13(3)17-20-19-15-10-7-11-21(15)17/h4-6,8-9,12-13,16,18H,7,10-11H2,1-3H3. The first-order chi connectivity index (χ1) is 10.2. The molecule has 4 heteroatoms. The van der Waals surface area contributed by atoms with Crippen molar-refractivity contribution in [1.82, 2.24) is 20.1 Å². The Labute approximate surface area is 126 Å². The van der Waals surface area contributed by atoms with Gasteiger partial charge in [0.05, 0.1) is 6.04 Å². The number of rotatable bonds is 5. The molecule has 0 saturated carbocycles. The first kappa shape index (κ1) is 14.3. The Morgan fingerprint density at radius 3 is 2.57 bits per heavy atom. The van der Waals surface area contributed by atoms with Crippen molar-refractivity contribution in [3.8, 4) is 0 Å². The molecule has 0 bridgehead atoms. The summed E-state index contributed by atoms with van der Waals surface area (Å²) in [6.45, 7) is 7.76. The molecule has 0 spiro atoms. The molecule has 4 nitrogen and oxygen atoms in total. The average molecular weight is 284 g/mol.